The van der Waals surface area contributed by atoms with Gasteiger partial charge in [-0.15, -0.1) is 0 Å². The van der Waals surface area contributed by atoms with Gasteiger partial charge in [-0.1, -0.05) is 140 Å². The van der Waals surface area contributed by atoms with E-state index in [1.54, 1.807) is 0 Å². The maximum absolute atomic E-state index is 11.6. The molecule has 4 nitrogen and oxygen atoms in total. The van der Waals surface area contributed by atoms with Gasteiger partial charge in [-0.25, -0.2) is 0 Å². The van der Waals surface area contributed by atoms with Crippen molar-refractivity contribution in [2.75, 3.05) is 0 Å². The van der Waals surface area contributed by atoms with E-state index in [1.165, 1.54) is 36.7 Å². The van der Waals surface area contributed by atoms with Gasteiger partial charge in [0.15, 0.2) is 0 Å². The highest BCUT2D eigenvalue weighted by Gasteiger charge is 2.55. The number of aliphatic hydroxyl groups is 1. The Morgan fingerprint density at radius 3 is 1.27 bits per heavy atom. The molecule has 2 aliphatic heterocycles. The second-order valence-electron chi connectivity index (χ2n) is 15.9. The van der Waals surface area contributed by atoms with Gasteiger partial charge in [0.2, 0.25) is 0 Å². The van der Waals surface area contributed by atoms with Gasteiger partial charge in [-0.2, -0.15) is 0 Å². The standard InChI is InChI=1S/C26H34O2Si.C20H22O2Si/c1-19(2)17-20(3)25(27)21(4)24-18-26(5,6)28-29(24,22-13-9-7-10-14-22)23-15-11-8-12-16-23;1-16(15-21)19-14-20(2,3)22-23(19,17-10-6-4-7-11-17)18-12-8-5-9-13-18/h7-17,20,25,27H,18H2,1-6H3;4-13,15H,14H2,1-3H3/b24-21-;19-16-/t20-,25-;/m0./s1. The molecule has 0 aromatic heterocycles. The average Bonchev–Trinajstić information content (AvgIpc) is 3.62. The van der Waals surface area contributed by atoms with Gasteiger partial charge in [0.25, 0.3) is 16.6 Å². The van der Waals surface area contributed by atoms with Crippen molar-refractivity contribution >= 4 is 43.7 Å². The van der Waals surface area contributed by atoms with Crippen LogP contribution in [0, 0.1) is 5.92 Å². The molecule has 0 aliphatic carbocycles. The molecule has 1 N–H and O–H groups in total. The van der Waals surface area contributed by atoms with Crippen molar-refractivity contribution in [1.29, 1.82) is 0 Å². The second-order valence-corrected chi connectivity index (χ2v) is 22.5. The molecule has 2 atom stereocenters. The Morgan fingerprint density at radius 1 is 0.615 bits per heavy atom. The highest BCUT2D eigenvalue weighted by Crippen LogP contribution is 2.42. The smallest absolute Gasteiger partial charge is 0.285 e. The zero-order chi connectivity index (χ0) is 37.7. The molecular formula is C46H56O4Si2. The van der Waals surface area contributed by atoms with E-state index in [9.17, 15) is 9.90 Å². The lowest BCUT2D eigenvalue weighted by Gasteiger charge is -2.33. The molecule has 2 aliphatic rings. The predicted octanol–water partition coefficient (Wildman–Crippen LogP) is 7.76. The summed E-state index contributed by atoms with van der Waals surface area (Å²) in [4.78, 5) is 11.6. The molecule has 0 spiro atoms. The van der Waals surface area contributed by atoms with E-state index < -0.39 is 22.7 Å². The first-order valence-corrected chi connectivity index (χ1v) is 22.3. The van der Waals surface area contributed by atoms with E-state index >= 15 is 0 Å². The van der Waals surface area contributed by atoms with Crippen LogP contribution in [-0.2, 0) is 13.6 Å². The fraction of sp³-hybridized carbons (Fsp3) is 0.326. The summed E-state index contributed by atoms with van der Waals surface area (Å²) in [6.07, 6.45) is 4.26. The zero-order valence-electron chi connectivity index (χ0n) is 32.4. The fourth-order valence-electron chi connectivity index (χ4n) is 8.18. The number of allylic oxidation sites excluding steroid dienone is 2. The molecule has 6 rings (SSSR count). The Labute approximate surface area is 314 Å². The summed E-state index contributed by atoms with van der Waals surface area (Å²) in [6, 6.07) is 42.1. The molecule has 2 heterocycles. The average molecular weight is 729 g/mol. The topological polar surface area (TPSA) is 55.8 Å². The van der Waals surface area contributed by atoms with Crippen molar-refractivity contribution < 1.29 is 18.8 Å². The number of rotatable bonds is 8. The minimum Gasteiger partial charge on any atom is -0.399 e. The van der Waals surface area contributed by atoms with Crippen molar-refractivity contribution in [2.45, 2.75) is 92.5 Å². The summed E-state index contributed by atoms with van der Waals surface area (Å²) >= 11 is 0. The number of hydrogen-bond acceptors (Lipinski definition) is 4. The first kappa shape index (κ1) is 39.3. The molecule has 4 aromatic carbocycles. The number of aliphatic hydroxyl groups excluding tert-OH is 1. The molecule has 4 aromatic rings. The zero-order valence-corrected chi connectivity index (χ0v) is 34.4. The van der Waals surface area contributed by atoms with Crippen molar-refractivity contribution in [2.24, 2.45) is 5.92 Å². The summed E-state index contributed by atoms with van der Waals surface area (Å²) in [5.74, 6) is 0.0643. The van der Waals surface area contributed by atoms with E-state index in [2.05, 4.69) is 171 Å². The summed E-state index contributed by atoms with van der Waals surface area (Å²) < 4.78 is 13.8. The van der Waals surface area contributed by atoms with Crippen LogP contribution in [0.5, 0.6) is 0 Å². The molecule has 52 heavy (non-hydrogen) atoms. The third-order valence-electron chi connectivity index (χ3n) is 10.3. The Bertz CT molecular complexity index is 1830. The lowest BCUT2D eigenvalue weighted by Crippen LogP contribution is -2.61. The maximum atomic E-state index is 11.6. The van der Waals surface area contributed by atoms with Crippen LogP contribution in [0.4, 0.5) is 0 Å². The Morgan fingerprint density at radius 2 is 0.942 bits per heavy atom. The van der Waals surface area contributed by atoms with E-state index in [4.69, 9.17) is 8.85 Å². The monoisotopic (exact) mass is 728 g/mol. The summed E-state index contributed by atoms with van der Waals surface area (Å²) in [5, 5.41) is 18.6. The summed E-state index contributed by atoms with van der Waals surface area (Å²) in [6.45, 7) is 18.9. The third-order valence-corrected chi connectivity index (χ3v) is 19.4. The van der Waals surface area contributed by atoms with Gasteiger partial charge in [-0.05, 0) is 111 Å². The molecule has 272 valence electrons. The Balaban J connectivity index is 0.000000206. The second kappa shape index (κ2) is 16.0. The van der Waals surface area contributed by atoms with Crippen molar-refractivity contribution in [3.05, 3.63) is 155 Å². The van der Waals surface area contributed by atoms with Gasteiger partial charge >= 0.3 is 0 Å². The van der Waals surface area contributed by atoms with Crippen LogP contribution >= 0.6 is 0 Å². The molecule has 0 unspecified atom stereocenters. The molecule has 2 saturated heterocycles. The fourth-order valence-corrected chi connectivity index (χ4v) is 18.1. The molecule has 0 amide bonds. The Kier molecular flexibility index (Phi) is 12.1. The van der Waals surface area contributed by atoms with Crippen molar-refractivity contribution in [1.82, 2.24) is 0 Å². The van der Waals surface area contributed by atoms with Gasteiger partial charge in [0.1, 0.15) is 6.29 Å². The van der Waals surface area contributed by atoms with E-state index in [1.807, 2.05) is 19.1 Å². The van der Waals surface area contributed by atoms with E-state index in [0.717, 1.165) is 30.3 Å². The number of benzene rings is 4. The van der Waals surface area contributed by atoms with Gasteiger partial charge in [0, 0.05) is 5.92 Å². The third kappa shape index (κ3) is 8.02. The summed E-state index contributed by atoms with van der Waals surface area (Å²) in [5.41, 5.74) is 2.58. The van der Waals surface area contributed by atoms with Crippen LogP contribution < -0.4 is 20.7 Å². The first-order chi connectivity index (χ1) is 24.7. The maximum Gasteiger partial charge on any atom is 0.285 e. The molecule has 2 fully saturated rings. The van der Waals surface area contributed by atoms with Crippen LogP contribution in [0.25, 0.3) is 0 Å². The van der Waals surface area contributed by atoms with Crippen molar-refractivity contribution in [3.63, 3.8) is 0 Å². The molecule has 0 bridgehead atoms. The quantitative estimate of drug-likeness (QED) is 0.0873. The summed E-state index contributed by atoms with van der Waals surface area (Å²) in [7, 11) is -5.25. The van der Waals surface area contributed by atoms with Gasteiger partial charge in [0.05, 0.1) is 17.3 Å². The normalized spacial score (nSPS) is 21.2. The minimum atomic E-state index is -2.66. The molecule has 0 saturated carbocycles. The van der Waals surface area contributed by atoms with Crippen LogP contribution in [-0.4, -0.2) is 45.3 Å². The van der Waals surface area contributed by atoms with E-state index in [-0.39, 0.29) is 17.1 Å². The predicted molar refractivity (Wildman–Crippen MR) is 221 cm³/mol. The minimum absolute atomic E-state index is 0.0643. The number of aldehydes is 1. The number of carbonyl (C=O) groups excluding carboxylic acids is 1. The van der Waals surface area contributed by atoms with Gasteiger partial charge in [-0.3, -0.25) is 4.79 Å². The van der Waals surface area contributed by atoms with Crippen LogP contribution in [0.1, 0.15) is 75.2 Å². The highest BCUT2D eigenvalue weighted by molar-refractivity contribution is 7.04. The van der Waals surface area contributed by atoms with Crippen LogP contribution in [0.2, 0.25) is 0 Å². The van der Waals surface area contributed by atoms with Crippen LogP contribution in [0.3, 0.4) is 0 Å². The lowest BCUT2D eigenvalue weighted by atomic mass is 9.94. The van der Waals surface area contributed by atoms with Crippen LogP contribution in [0.15, 0.2) is 155 Å². The Hall–Kier alpha value is -3.92. The highest BCUT2D eigenvalue weighted by atomic mass is 28.4. The van der Waals surface area contributed by atoms with Gasteiger partial charge < -0.3 is 14.0 Å². The number of hydrogen-bond donors (Lipinski definition) is 1. The molecule has 0 radical (unpaired) electrons. The first-order valence-electron chi connectivity index (χ1n) is 18.5. The number of carbonyl (C=O) groups is 1. The molecule has 6 heteroatoms. The van der Waals surface area contributed by atoms with E-state index in [0.29, 0.717) is 0 Å². The SMILES string of the molecule is C/C(C=O)=C1\CC(C)(C)O[Si]1(c1ccccc1)c1ccccc1.CC(C)=C[C@H](C)[C@H](O)/C(C)=C1/CC(C)(C)O[Si]1(c1ccccc1)c1ccccc1. The lowest BCUT2D eigenvalue weighted by molar-refractivity contribution is -0.104. The van der Waals surface area contributed by atoms with Crippen molar-refractivity contribution in [3.8, 4) is 0 Å². The largest absolute Gasteiger partial charge is 0.399 e. The molecular weight excluding hydrogens is 673 g/mol.